The molecular weight excluding hydrogens is 259 g/mol. The fourth-order valence-electron chi connectivity index (χ4n) is 1.48. The summed E-state index contributed by atoms with van der Waals surface area (Å²) in [7, 11) is 4.02. The first-order valence-corrected chi connectivity index (χ1v) is 6.24. The molecule has 1 rings (SSSR count). The van der Waals surface area contributed by atoms with Crippen molar-refractivity contribution in [1.29, 1.82) is 0 Å². The lowest BCUT2D eigenvalue weighted by Crippen LogP contribution is -2.31. The largest absolute Gasteiger partial charge is 0.394 e. The number of nitrogens with zero attached hydrogens (tertiary/aromatic N) is 1. The minimum atomic E-state index is -0.107. The molecule has 2 N–H and O–H groups in total. The molecule has 0 saturated carbocycles. The summed E-state index contributed by atoms with van der Waals surface area (Å²) >= 11 is 11.8. The van der Waals surface area contributed by atoms with E-state index in [0.717, 1.165) is 18.7 Å². The Bertz CT molecular complexity index is 358. The van der Waals surface area contributed by atoms with Crippen LogP contribution >= 0.6 is 23.2 Å². The predicted molar refractivity (Wildman–Crippen MR) is 72.8 cm³/mol. The molecule has 0 amide bonds. The lowest BCUT2D eigenvalue weighted by Gasteiger charge is -2.18. The van der Waals surface area contributed by atoms with Crippen molar-refractivity contribution in [2.75, 3.05) is 33.8 Å². The Balaban J connectivity index is 2.62. The molecule has 96 valence electrons. The Morgan fingerprint density at radius 2 is 2.00 bits per heavy atom. The van der Waals surface area contributed by atoms with Crippen molar-refractivity contribution in [2.24, 2.45) is 0 Å². The molecule has 3 nitrogen and oxygen atoms in total. The lowest BCUT2D eigenvalue weighted by atomic mass is 10.1. The summed E-state index contributed by atoms with van der Waals surface area (Å²) in [6, 6.07) is 5.30. The van der Waals surface area contributed by atoms with Crippen LogP contribution in [0.5, 0.6) is 0 Å². The molecule has 1 unspecified atom stereocenters. The number of likely N-dealkylation sites (N-methyl/N-ethyl adjacent to an activating group) is 1. The summed E-state index contributed by atoms with van der Waals surface area (Å²) < 4.78 is 0. The zero-order valence-electron chi connectivity index (χ0n) is 10.1. The van der Waals surface area contributed by atoms with Gasteiger partial charge in [0.05, 0.1) is 22.7 Å². The van der Waals surface area contributed by atoms with Crippen LogP contribution in [-0.4, -0.2) is 43.8 Å². The second kappa shape index (κ2) is 7.19. The van der Waals surface area contributed by atoms with E-state index in [9.17, 15) is 5.11 Å². The first-order chi connectivity index (χ1) is 8.04. The quantitative estimate of drug-likeness (QED) is 0.836. The monoisotopic (exact) mass is 276 g/mol. The van der Waals surface area contributed by atoms with Gasteiger partial charge in [-0.3, -0.25) is 0 Å². The van der Waals surface area contributed by atoms with Crippen LogP contribution in [0, 0.1) is 0 Å². The van der Waals surface area contributed by atoms with Gasteiger partial charge in [-0.15, -0.1) is 0 Å². The molecule has 1 atom stereocenters. The third-order valence-corrected chi connectivity index (χ3v) is 3.22. The molecule has 0 saturated heterocycles. The van der Waals surface area contributed by atoms with E-state index < -0.39 is 0 Å². The Kier molecular flexibility index (Phi) is 6.23. The predicted octanol–water partition coefficient (Wildman–Crippen LogP) is 2.18. The van der Waals surface area contributed by atoms with E-state index in [4.69, 9.17) is 23.2 Å². The van der Waals surface area contributed by atoms with Crippen LogP contribution in [-0.2, 0) is 0 Å². The lowest BCUT2D eigenvalue weighted by molar-refractivity contribution is 0.240. The second-order valence-electron chi connectivity index (χ2n) is 4.17. The van der Waals surface area contributed by atoms with Crippen molar-refractivity contribution in [3.8, 4) is 0 Å². The van der Waals surface area contributed by atoms with Crippen LogP contribution in [0.2, 0.25) is 10.0 Å². The van der Waals surface area contributed by atoms with E-state index in [-0.39, 0.29) is 12.6 Å². The second-order valence-corrected chi connectivity index (χ2v) is 4.98. The highest BCUT2D eigenvalue weighted by molar-refractivity contribution is 6.42. The first kappa shape index (κ1) is 14.7. The highest BCUT2D eigenvalue weighted by atomic mass is 35.5. The molecule has 0 aliphatic heterocycles. The fraction of sp³-hybridized carbons (Fsp3) is 0.500. The Hall–Kier alpha value is -0.320. The van der Waals surface area contributed by atoms with Crippen molar-refractivity contribution in [2.45, 2.75) is 6.04 Å². The Morgan fingerprint density at radius 3 is 2.53 bits per heavy atom. The van der Waals surface area contributed by atoms with Gasteiger partial charge in [0.2, 0.25) is 0 Å². The number of benzene rings is 1. The van der Waals surface area contributed by atoms with Gasteiger partial charge < -0.3 is 15.3 Å². The molecule has 5 heteroatoms. The molecule has 0 aromatic heterocycles. The van der Waals surface area contributed by atoms with Gasteiger partial charge in [0.1, 0.15) is 0 Å². The fourth-order valence-corrected chi connectivity index (χ4v) is 1.79. The zero-order chi connectivity index (χ0) is 12.8. The van der Waals surface area contributed by atoms with Gasteiger partial charge >= 0.3 is 0 Å². The van der Waals surface area contributed by atoms with Gasteiger partial charge in [-0.25, -0.2) is 0 Å². The Labute approximate surface area is 112 Å². The summed E-state index contributed by atoms with van der Waals surface area (Å²) in [4.78, 5) is 2.08. The standard InChI is InChI=1S/C12H18Cl2N2O/c1-16(2)6-5-15-12(8-17)9-3-4-10(13)11(14)7-9/h3-4,7,12,15,17H,5-6,8H2,1-2H3. The number of hydrogen-bond acceptors (Lipinski definition) is 3. The van der Waals surface area contributed by atoms with Crippen LogP contribution in [0.25, 0.3) is 0 Å². The van der Waals surface area contributed by atoms with E-state index in [1.54, 1.807) is 12.1 Å². The minimum absolute atomic E-state index is 0.0331. The Morgan fingerprint density at radius 1 is 1.29 bits per heavy atom. The van der Waals surface area contributed by atoms with Crippen LogP contribution in [0.3, 0.4) is 0 Å². The maximum absolute atomic E-state index is 9.35. The van der Waals surface area contributed by atoms with Crippen LogP contribution in [0.4, 0.5) is 0 Å². The zero-order valence-corrected chi connectivity index (χ0v) is 11.6. The highest BCUT2D eigenvalue weighted by Crippen LogP contribution is 2.25. The van der Waals surface area contributed by atoms with Gasteiger partial charge in [0, 0.05) is 13.1 Å². The summed E-state index contributed by atoms with van der Waals surface area (Å²) in [5.41, 5.74) is 0.945. The van der Waals surface area contributed by atoms with E-state index in [1.165, 1.54) is 0 Å². The average molecular weight is 277 g/mol. The van der Waals surface area contributed by atoms with E-state index in [2.05, 4.69) is 10.2 Å². The van der Waals surface area contributed by atoms with Gasteiger partial charge in [-0.2, -0.15) is 0 Å². The third kappa shape index (κ3) is 4.82. The average Bonchev–Trinajstić information content (AvgIpc) is 2.28. The first-order valence-electron chi connectivity index (χ1n) is 5.48. The topological polar surface area (TPSA) is 35.5 Å². The van der Waals surface area contributed by atoms with Crippen molar-refractivity contribution in [1.82, 2.24) is 10.2 Å². The normalized spacial score (nSPS) is 13.1. The van der Waals surface area contributed by atoms with Gasteiger partial charge in [0.25, 0.3) is 0 Å². The molecule has 0 heterocycles. The molecule has 0 bridgehead atoms. The van der Waals surface area contributed by atoms with Gasteiger partial charge in [0.15, 0.2) is 0 Å². The number of aliphatic hydroxyl groups excluding tert-OH is 1. The number of hydrogen-bond donors (Lipinski definition) is 2. The summed E-state index contributed by atoms with van der Waals surface area (Å²) in [6.07, 6.45) is 0. The molecule has 0 fully saturated rings. The minimum Gasteiger partial charge on any atom is -0.394 e. The molecule has 0 aliphatic carbocycles. The van der Waals surface area contributed by atoms with Gasteiger partial charge in [-0.1, -0.05) is 29.3 Å². The summed E-state index contributed by atoms with van der Waals surface area (Å²) in [5, 5.41) is 13.7. The van der Waals surface area contributed by atoms with E-state index in [0.29, 0.717) is 10.0 Å². The van der Waals surface area contributed by atoms with E-state index >= 15 is 0 Å². The van der Waals surface area contributed by atoms with Crippen LogP contribution in [0.15, 0.2) is 18.2 Å². The molecule has 1 aromatic carbocycles. The summed E-state index contributed by atoms with van der Waals surface area (Å²) in [5.74, 6) is 0. The molecule has 17 heavy (non-hydrogen) atoms. The highest BCUT2D eigenvalue weighted by Gasteiger charge is 2.11. The SMILES string of the molecule is CN(C)CCNC(CO)c1ccc(Cl)c(Cl)c1. The van der Waals surface area contributed by atoms with Crippen LogP contribution in [0.1, 0.15) is 11.6 Å². The molecule has 0 spiro atoms. The molecular formula is C12H18Cl2N2O. The molecule has 0 radical (unpaired) electrons. The van der Waals surface area contributed by atoms with Gasteiger partial charge in [-0.05, 0) is 31.8 Å². The van der Waals surface area contributed by atoms with Crippen molar-refractivity contribution in [3.63, 3.8) is 0 Å². The number of rotatable bonds is 6. The number of halogens is 2. The summed E-state index contributed by atoms with van der Waals surface area (Å²) in [6.45, 7) is 1.75. The van der Waals surface area contributed by atoms with Crippen molar-refractivity contribution < 1.29 is 5.11 Å². The number of nitrogens with one attached hydrogen (secondary N) is 1. The number of aliphatic hydroxyl groups is 1. The maximum atomic E-state index is 9.35. The van der Waals surface area contributed by atoms with Crippen molar-refractivity contribution in [3.05, 3.63) is 33.8 Å². The van der Waals surface area contributed by atoms with E-state index in [1.807, 2.05) is 20.2 Å². The maximum Gasteiger partial charge on any atom is 0.0626 e. The van der Waals surface area contributed by atoms with Crippen molar-refractivity contribution >= 4 is 23.2 Å². The molecule has 0 aliphatic rings. The third-order valence-electron chi connectivity index (χ3n) is 2.48. The smallest absolute Gasteiger partial charge is 0.0626 e. The molecule has 1 aromatic rings. The van der Waals surface area contributed by atoms with Crippen LogP contribution < -0.4 is 5.32 Å².